The first-order valence-electron chi connectivity index (χ1n) is 10.0. The molecule has 1 atom stereocenters. The number of carbonyl (C=O) groups excluding carboxylic acids is 2. The van der Waals surface area contributed by atoms with Crippen LogP contribution in [0.25, 0.3) is 0 Å². The van der Waals surface area contributed by atoms with Crippen LogP contribution in [0.4, 0.5) is 0 Å². The number of nitrogens with one attached hydrogen (secondary N) is 1. The second kappa shape index (κ2) is 8.73. The quantitative estimate of drug-likeness (QED) is 0.691. The van der Waals surface area contributed by atoms with Gasteiger partial charge in [-0.1, -0.05) is 6.07 Å². The zero-order valence-corrected chi connectivity index (χ0v) is 16.3. The molecule has 7 nitrogen and oxygen atoms in total. The number of rotatable bonds is 6. The summed E-state index contributed by atoms with van der Waals surface area (Å²) in [5, 5.41) is 12.0. The lowest BCUT2D eigenvalue weighted by Crippen LogP contribution is -2.52. The first kappa shape index (κ1) is 20.3. The fraction of sp³-hybridized carbons (Fsp3) is 0.571. The molecular weight excluding hydrogens is 358 g/mol. The molecule has 3 rings (SSSR count). The maximum Gasteiger partial charge on any atom is 0.335 e. The maximum absolute atomic E-state index is 12.6. The predicted octanol–water partition coefficient (Wildman–Crippen LogP) is 2.01. The van der Waals surface area contributed by atoms with E-state index in [1.807, 2.05) is 11.9 Å². The van der Waals surface area contributed by atoms with Crippen LogP contribution in [0.5, 0.6) is 0 Å². The van der Waals surface area contributed by atoms with E-state index in [9.17, 15) is 14.4 Å². The maximum atomic E-state index is 12.6. The molecule has 2 saturated carbocycles. The number of hydrogen-bond acceptors (Lipinski definition) is 4. The summed E-state index contributed by atoms with van der Waals surface area (Å²) in [4.78, 5) is 37.9. The number of amides is 2. The molecule has 1 aromatic carbocycles. The Kier molecular flexibility index (Phi) is 6.34. The molecule has 4 N–H and O–H groups in total. The third-order valence-electron chi connectivity index (χ3n) is 6.24. The summed E-state index contributed by atoms with van der Waals surface area (Å²) < 4.78 is 0. The minimum atomic E-state index is -1.05. The van der Waals surface area contributed by atoms with Crippen LogP contribution >= 0.6 is 0 Å². The number of likely N-dealkylation sites (N-methyl/N-ethyl adjacent to an activating group) is 1. The molecule has 0 saturated heterocycles. The second-order valence-corrected chi connectivity index (χ2v) is 8.03. The zero-order chi connectivity index (χ0) is 20.3. The van der Waals surface area contributed by atoms with E-state index >= 15 is 0 Å². The molecule has 0 aromatic heterocycles. The van der Waals surface area contributed by atoms with Gasteiger partial charge in [0, 0.05) is 24.7 Å². The normalized spacial score (nSPS) is 23.4. The molecular formula is C21H29N3O4. The Hall–Kier alpha value is -2.41. The van der Waals surface area contributed by atoms with Crippen molar-refractivity contribution >= 4 is 17.8 Å². The highest BCUT2D eigenvalue weighted by Gasteiger charge is 2.34. The summed E-state index contributed by atoms with van der Waals surface area (Å²) >= 11 is 0. The number of nitrogens with zero attached hydrogens (tertiary/aromatic N) is 1. The standard InChI is InChI=1S/C21H29N3O4/c1-24(17-6-3-7-17)20(26)18(22)13-8-10-16(11-9-13)23-19(25)14-4-2-5-15(12-14)21(27)28/h2,4-5,12-13,16-18H,3,6-11,22H2,1H3,(H,23,25)(H,27,28)/t13?,16?,18-/m0/s1. The van der Waals surface area contributed by atoms with Gasteiger partial charge in [-0.15, -0.1) is 0 Å². The minimum absolute atomic E-state index is 0.0175. The minimum Gasteiger partial charge on any atom is -0.478 e. The number of carbonyl (C=O) groups is 3. The van der Waals surface area contributed by atoms with Gasteiger partial charge in [0.15, 0.2) is 0 Å². The van der Waals surface area contributed by atoms with Crippen molar-refractivity contribution in [3.63, 3.8) is 0 Å². The Bertz CT molecular complexity index is 739. The fourth-order valence-electron chi connectivity index (χ4n) is 4.08. The molecule has 2 aliphatic rings. The number of hydrogen-bond donors (Lipinski definition) is 3. The second-order valence-electron chi connectivity index (χ2n) is 8.03. The van der Waals surface area contributed by atoms with Crippen LogP contribution in [-0.2, 0) is 4.79 Å². The predicted molar refractivity (Wildman–Crippen MR) is 105 cm³/mol. The van der Waals surface area contributed by atoms with Gasteiger partial charge in [-0.05, 0) is 69.1 Å². The van der Waals surface area contributed by atoms with Gasteiger partial charge in [0.2, 0.25) is 5.91 Å². The summed E-state index contributed by atoms with van der Waals surface area (Å²) in [6, 6.07) is 5.91. The zero-order valence-electron chi connectivity index (χ0n) is 16.3. The molecule has 0 radical (unpaired) electrons. The Morgan fingerprint density at radius 3 is 2.32 bits per heavy atom. The van der Waals surface area contributed by atoms with Gasteiger partial charge >= 0.3 is 5.97 Å². The van der Waals surface area contributed by atoms with Crippen molar-refractivity contribution in [1.29, 1.82) is 0 Å². The van der Waals surface area contributed by atoms with Crippen LogP contribution in [0, 0.1) is 5.92 Å². The lowest BCUT2D eigenvalue weighted by atomic mass is 9.80. The Balaban J connectivity index is 1.49. The first-order chi connectivity index (χ1) is 13.4. The molecule has 0 bridgehead atoms. The van der Waals surface area contributed by atoms with Crippen molar-refractivity contribution in [2.45, 2.75) is 63.1 Å². The van der Waals surface area contributed by atoms with Crippen LogP contribution in [0.3, 0.4) is 0 Å². The first-order valence-corrected chi connectivity index (χ1v) is 10.0. The van der Waals surface area contributed by atoms with Crippen molar-refractivity contribution in [3.8, 4) is 0 Å². The van der Waals surface area contributed by atoms with E-state index in [4.69, 9.17) is 10.8 Å². The van der Waals surface area contributed by atoms with E-state index < -0.39 is 12.0 Å². The van der Waals surface area contributed by atoms with Gasteiger partial charge in [0.1, 0.15) is 0 Å². The van der Waals surface area contributed by atoms with Crippen molar-refractivity contribution in [2.24, 2.45) is 11.7 Å². The van der Waals surface area contributed by atoms with Crippen LogP contribution in [0.1, 0.15) is 65.7 Å². The van der Waals surface area contributed by atoms with Crippen LogP contribution < -0.4 is 11.1 Å². The van der Waals surface area contributed by atoms with Gasteiger partial charge in [-0.3, -0.25) is 9.59 Å². The van der Waals surface area contributed by atoms with Crippen molar-refractivity contribution in [3.05, 3.63) is 35.4 Å². The molecule has 1 aromatic rings. The highest BCUT2D eigenvalue weighted by atomic mass is 16.4. The van der Waals surface area contributed by atoms with Gasteiger partial charge in [-0.25, -0.2) is 4.79 Å². The average molecular weight is 387 g/mol. The van der Waals surface area contributed by atoms with Crippen molar-refractivity contribution in [2.75, 3.05) is 7.05 Å². The van der Waals surface area contributed by atoms with Gasteiger partial charge in [0.25, 0.3) is 5.91 Å². The SMILES string of the molecule is CN(C(=O)[C@@H](N)C1CCC(NC(=O)c2cccc(C(=O)O)c2)CC1)C1CCC1. The number of nitrogens with two attached hydrogens (primary N) is 1. The average Bonchev–Trinajstić information content (AvgIpc) is 2.66. The van der Waals surface area contributed by atoms with Gasteiger partial charge in [0.05, 0.1) is 11.6 Å². The fourth-order valence-corrected chi connectivity index (χ4v) is 4.08. The number of aromatic carboxylic acids is 1. The summed E-state index contributed by atoms with van der Waals surface area (Å²) in [7, 11) is 1.85. The molecule has 2 fully saturated rings. The molecule has 0 heterocycles. The van der Waals surface area contributed by atoms with Crippen molar-refractivity contribution < 1.29 is 19.5 Å². The highest BCUT2D eigenvalue weighted by Crippen LogP contribution is 2.29. The Morgan fingerprint density at radius 1 is 1.11 bits per heavy atom. The molecule has 0 aliphatic heterocycles. The lowest BCUT2D eigenvalue weighted by Gasteiger charge is -2.38. The summed E-state index contributed by atoms with van der Waals surface area (Å²) in [6.07, 6.45) is 6.44. The topological polar surface area (TPSA) is 113 Å². The van der Waals surface area contributed by atoms with Crippen LogP contribution in [0.2, 0.25) is 0 Å². The summed E-state index contributed by atoms with van der Waals surface area (Å²) in [6.45, 7) is 0. The van der Waals surface area contributed by atoms with E-state index in [1.54, 1.807) is 12.1 Å². The number of carboxylic acid groups (broad SMARTS) is 1. The van der Waals surface area contributed by atoms with Gasteiger partial charge in [-0.2, -0.15) is 0 Å². The monoisotopic (exact) mass is 387 g/mol. The smallest absolute Gasteiger partial charge is 0.335 e. The van der Waals surface area contributed by atoms with E-state index in [0.717, 1.165) is 38.5 Å². The van der Waals surface area contributed by atoms with Crippen molar-refractivity contribution in [1.82, 2.24) is 10.2 Å². The molecule has 152 valence electrons. The van der Waals surface area contributed by atoms with Crippen LogP contribution in [-0.4, -0.2) is 53.0 Å². The molecule has 0 spiro atoms. The van der Waals surface area contributed by atoms with E-state index in [1.165, 1.54) is 18.6 Å². The number of benzene rings is 1. The number of carboxylic acids is 1. The molecule has 2 amide bonds. The van der Waals surface area contributed by atoms with E-state index in [0.29, 0.717) is 11.6 Å². The van der Waals surface area contributed by atoms with E-state index in [2.05, 4.69) is 5.32 Å². The Morgan fingerprint density at radius 2 is 1.75 bits per heavy atom. The lowest BCUT2D eigenvalue weighted by molar-refractivity contribution is -0.136. The third kappa shape index (κ3) is 4.52. The highest BCUT2D eigenvalue weighted by molar-refractivity contribution is 5.97. The Labute approximate surface area is 165 Å². The van der Waals surface area contributed by atoms with Gasteiger partial charge < -0.3 is 21.1 Å². The third-order valence-corrected chi connectivity index (χ3v) is 6.24. The molecule has 2 aliphatic carbocycles. The largest absolute Gasteiger partial charge is 0.478 e. The molecule has 28 heavy (non-hydrogen) atoms. The molecule has 7 heteroatoms. The summed E-state index contributed by atoms with van der Waals surface area (Å²) in [5.41, 5.74) is 6.70. The molecule has 0 unspecified atom stereocenters. The van der Waals surface area contributed by atoms with E-state index in [-0.39, 0.29) is 29.3 Å². The van der Waals surface area contributed by atoms with Crippen LogP contribution in [0.15, 0.2) is 24.3 Å². The summed E-state index contributed by atoms with van der Waals surface area (Å²) in [5.74, 6) is -1.15.